The molecule has 28 heavy (non-hydrogen) atoms. The van der Waals surface area contributed by atoms with E-state index < -0.39 is 0 Å². The van der Waals surface area contributed by atoms with Crippen molar-refractivity contribution < 1.29 is 9.53 Å². The molecule has 0 aromatic heterocycles. The second kappa shape index (κ2) is 12.9. The molecule has 1 fully saturated rings. The summed E-state index contributed by atoms with van der Waals surface area (Å²) in [6.45, 7) is 12.3. The summed E-state index contributed by atoms with van der Waals surface area (Å²) in [5.74, 6) is 0.137. The summed E-state index contributed by atoms with van der Waals surface area (Å²) in [7, 11) is 0. The number of nitrogens with zero attached hydrogens (tertiary/aromatic N) is 2. The maximum Gasteiger partial charge on any atom is 0.234 e. The maximum absolute atomic E-state index is 12.4. The lowest BCUT2D eigenvalue weighted by Gasteiger charge is -2.39. The number of benzene rings is 1. The monoisotopic (exact) mass is 389 g/mol. The lowest BCUT2D eigenvalue weighted by Crippen LogP contribution is -2.50. The number of ether oxygens (including phenoxy) is 1. The smallest absolute Gasteiger partial charge is 0.234 e. The van der Waals surface area contributed by atoms with Crippen molar-refractivity contribution in [1.29, 1.82) is 0 Å². The molecule has 1 aromatic rings. The van der Waals surface area contributed by atoms with E-state index in [0.717, 1.165) is 39.0 Å². The van der Waals surface area contributed by atoms with E-state index >= 15 is 0 Å². The van der Waals surface area contributed by atoms with Gasteiger partial charge in [0.15, 0.2) is 0 Å². The molecule has 2 rings (SSSR count). The Balaban J connectivity index is 1.78. The number of hydrogen-bond donors (Lipinski definition) is 1. The number of nitrogens with one attached hydrogen (secondary N) is 1. The lowest BCUT2D eigenvalue weighted by atomic mass is 10.0. The van der Waals surface area contributed by atoms with E-state index in [0.29, 0.717) is 25.7 Å². The molecule has 1 atom stereocenters. The number of carbonyl (C=O) groups excluding carboxylic acids is 1. The van der Waals surface area contributed by atoms with E-state index in [1.54, 1.807) is 0 Å². The summed E-state index contributed by atoms with van der Waals surface area (Å²) >= 11 is 0. The fourth-order valence-corrected chi connectivity index (χ4v) is 3.85. The quantitative estimate of drug-likeness (QED) is 0.557. The normalized spacial score (nSPS) is 18.0. The maximum atomic E-state index is 12.4. The van der Waals surface area contributed by atoms with Gasteiger partial charge in [-0.15, -0.1) is 0 Å². The van der Waals surface area contributed by atoms with Crippen LogP contribution in [0.15, 0.2) is 30.3 Å². The second-order valence-electron chi connectivity index (χ2n) is 8.11. The van der Waals surface area contributed by atoms with Crippen molar-refractivity contribution in [2.75, 3.05) is 39.3 Å². The largest absolute Gasteiger partial charge is 0.379 e. The van der Waals surface area contributed by atoms with Crippen LogP contribution in [0.3, 0.4) is 0 Å². The number of amides is 1. The molecule has 1 heterocycles. The van der Waals surface area contributed by atoms with Crippen molar-refractivity contribution in [3.8, 4) is 0 Å². The number of rotatable bonds is 12. The molecule has 0 radical (unpaired) electrons. The first-order valence-electron chi connectivity index (χ1n) is 11.0. The van der Waals surface area contributed by atoms with E-state index in [9.17, 15) is 4.79 Å². The first-order chi connectivity index (χ1) is 13.6. The number of likely N-dealkylation sites (tertiary alicyclic amines) is 1. The van der Waals surface area contributed by atoms with Gasteiger partial charge in [-0.1, -0.05) is 37.3 Å². The molecule has 1 aromatic carbocycles. The number of hydrogen-bond acceptors (Lipinski definition) is 4. The Morgan fingerprint density at radius 2 is 2.11 bits per heavy atom. The van der Waals surface area contributed by atoms with Crippen LogP contribution in [0.4, 0.5) is 0 Å². The van der Waals surface area contributed by atoms with Crippen molar-refractivity contribution >= 4 is 5.91 Å². The van der Waals surface area contributed by atoms with Gasteiger partial charge in [0.25, 0.3) is 0 Å². The van der Waals surface area contributed by atoms with Gasteiger partial charge in [-0.2, -0.15) is 0 Å². The van der Waals surface area contributed by atoms with Crippen LogP contribution in [-0.2, 0) is 16.1 Å². The third-order valence-electron chi connectivity index (χ3n) is 5.20. The zero-order chi connectivity index (χ0) is 20.2. The van der Waals surface area contributed by atoms with Gasteiger partial charge in [-0.3, -0.25) is 14.6 Å². The summed E-state index contributed by atoms with van der Waals surface area (Å²) in [6.07, 6.45) is 4.57. The molecule has 1 N–H and O–H groups in total. The molecule has 158 valence electrons. The second-order valence-corrected chi connectivity index (χ2v) is 8.11. The summed E-state index contributed by atoms with van der Waals surface area (Å²) < 4.78 is 5.53. The standard InChI is InChI=1S/C23H39N3O2/c1-4-14-26(19-23(27)24-13-9-16-28-20(2)3)22-12-8-15-25(18-22)17-21-10-6-5-7-11-21/h5-7,10-11,20,22H,4,8-9,12-19H2,1-3H3,(H,24,27). The average Bonchev–Trinajstić information content (AvgIpc) is 2.68. The number of carbonyl (C=O) groups is 1. The Bertz CT molecular complexity index is 550. The molecule has 1 aliphatic heterocycles. The predicted molar refractivity (Wildman–Crippen MR) is 115 cm³/mol. The van der Waals surface area contributed by atoms with Crippen molar-refractivity contribution in [2.24, 2.45) is 0 Å². The van der Waals surface area contributed by atoms with Crippen LogP contribution in [0.2, 0.25) is 0 Å². The zero-order valence-corrected chi connectivity index (χ0v) is 18.0. The highest BCUT2D eigenvalue weighted by Gasteiger charge is 2.26. The first-order valence-corrected chi connectivity index (χ1v) is 11.0. The van der Waals surface area contributed by atoms with E-state index in [2.05, 4.69) is 52.4 Å². The van der Waals surface area contributed by atoms with Gasteiger partial charge in [0.1, 0.15) is 0 Å². The molecule has 0 bridgehead atoms. The highest BCUT2D eigenvalue weighted by atomic mass is 16.5. The van der Waals surface area contributed by atoms with Gasteiger partial charge in [-0.25, -0.2) is 0 Å². The first kappa shape index (κ1) is 22.9. The average molecular weight is 390 g/mol. The van der Waals surface area contributed by atoms with Gasteiger partial charge in [0.2, 0.25) is 5.91 Å². The summed E-state index contributed by atoms with van der Waals surface area (Å²) in [5.41, 5.74) is 1.37. The van der Waals surface area contributed by atoms with Gasteiger partial charge < -0.3 is 10.1 Å². The molecular formula is C23H39N3O2. The molecule has 1 amide bonds. The molecule has 1 aliphatic rings. The lowest BCUT2D eigenvalue weighted by molar-refractivity contribution is -0.123. The zero-order valence-electron chi connectivity index (χ0n) is 18.0. The van der Waals surface area contributed by atoms with Crippen molar-refractivity contribution in [2.45, 2.75) is 65.1 Å². The highest BCUT2D eigenvalue weighted by Crippen LogP contribution is 2.18. The molecule has 1 saturated heterocycles. The van der Waals surface area contributed by atoms with Crippen LogP contribution in [0.1, 0.15) is 52.0 Å². The third kappa shape index (κ3) is 8.72. The third-order valence-corrected chi connectivity index (χ3v) is 5.20. The van der Waals surface area contributed by atoms with Gasteiger partial charge >= 0.3 is 0 Å². The van der Waals surface area contributed by atoms with Crippen molar-refractivity contribution in [1.82, 2.24) is 15.1 Å². The Hall–Kier alpha value is -1.43. The van der Waals surface area contributed by atoms with E-state index in [-0.39, 0.29) is 12.0 Å². The SMILES string of the molecule is CCCN(CC(=O)NCCCOC(C)C)C1CCCN(Cc2ccccc2)C1. The summed E-state index contributed by atoms with van der Waals surface area (Å²) in [5, 5.41) is 3.06. The molecule has 5 heteroatoms. The van der Waals surface area contributed by atoms with Crippen LogP contribution >= 0.6 is 0 Å². The highest BCUT2D eigenvalue weighted by molar-refractivity contribution is 5.78. The summed E-state index contributed by atoms with van der Waals surface area (Å²) in [4.78, 5) is 17.4. The van der Waals surface area contributed by atoms with Crippen molar-refractivity contribution in [3.05, 3.63) is 35.9 Å². The molecule has 0 spiro atoms. The van der Waals surface area contributed by atoms with Gasteiger partial charge in [-0.05, 0) is 58.2 Å². The fraction of sp³-hybridized carbons (Fsp3) is 0.696. The van der Waals surface area contributed by atoms with Gasteiger partial charge in [0, 0.05) is 32.3 Å². The van der Waals surface area contributed by atoms with Crippen LogP contribution < -0.4 is 5.32 Å². The Kier molecular flexibility index (Phi) is 10.5. The minimum absolute atomic E-state index is 0.137. The Morgan fingerprint density at radius 3 is 2.82 bits per heavy atom. The van der Waals surface area contributed by atoms with Crippen LogP contribution in [-0.4, -0.2) is 67.2 Å². The predicted octanol–water partition coefficient (Wildman–Crippen LogP) is 3.29. The summed E-state index contributed by atoms with van der Waals surface area (Å²) in [6, 6.07) is 11.1. The number of piperidine rings is 1. The van der Waals surface area contributed by atoms with Crippen LogP contribution in [0.25, 0.3) is 0 Å². The minimum atomic E-state index is 0.137. The van der Waals surface area contributed by atoms with Crippen LogP contribution in [0.5, 0.6) is 0 Å². The molecule has 5 nitrogen and oxygen atoms in total. The minimum Gasteiger partial charge on any atom is -0.379 e. The molecule has 1 unspecified atom stereocenters. The fourth-order valence-electron chi connectivity index (χ4n) is 3.85. The Labute approximate surface area is 171 Å². The topological polar surface area (TPSA) is 44.8 Å². The van der Waals surface area contributed by atoms with Crippen LogP contribution in [0, 0.1) is 0 Å². The molecule has 0 aliphatic carbocycles. The molecule has 0 saturated carbocycles. The van der Waals surface area contributed by atoms with Crippen molar-refractivity contribution in [3.63, 3.8) is 0 Å². The van der Waals surface area contributed by atoms with E-state index in [1.807, 2.05) is 13.8 Å². The molecular weight excluding hydrogens is 350 g/mol. The van der Waals surface area contributed by atoms with Gasteiger partial charge in [0.05, 0.1) is 12.6 Å². The van der Waals surface area contributed by atoms with E-state index in [1.165, 1.54) is 18.4 Å². The van der Waals surface area contributed by atoms with E-state index in [4.69, 9.17) is 4.74 Å². The Morgan fingerprint density at radius 1 is 1.32 bits per heavy atom.